The summed E-state index contributed by atoms with van der Waals surface area (Å²) in [5, 5.41) is 0. The van der Waals surface area contributed by atoms with Crippen molar-refractivity contribution in [1.29, 1.82) is 0 Å². The number of cyclic esters (lactones) is 1. The van der Waals surface area contributed by atoms with E-state index in [0.29, 0.717) is 25.7 Å². The molecule has 4 fully saturated rings. The number of nitrogens with zero attached hydrogens (tertiary/aromatic N) is 1. The Labute approximate surface area is 135 Å². The smallest absolute Gasteiger partial charge is 0.309 e. The molecule has 4 saturated heterocycles. The van der Waals surface area contributed by atoms with Crippen molar-refractivity contribution >= 4 is 17.8 Å². The lowest BCUT2D eigenvalue weighted by Crippen LogP contribution is -2.59. The predicted molar refractivity (Wildman–Crippen MR) is 79.2 cm³/mol. The second kappa shape index (κ2) is 4.95. The zero-order valence-electron chi connectivity index (χ0n) is 13.6. The maximum absolute atomic E-state index is 12.6. The molecule has 0 radical (unpaired) electrons. The molecule has 4 aliphatic heterocycles. The molecule has 4 aliphatic rings. The van der Waals surface area contributed by atoms with Gasteiger partial charge >= 0.3 is 11.9 Å². The fourth-order valence-electron chi connectivity index (χ4n) is 4.99. The lowest BCUT2D eigenvalue weighted by Gasteiger charge is -2.45. The summed E-state index contributed by atoms with van der Waals surface area (Å²) in [4.78, 5) is 38.1. The monoisotopic (exact) mass is 321 g/mol. The van der Waals surface area contributed by atoms with Crippen molar-refractivity contribution in [2.75, 3.05) is 0 Å². The number of carbonyl (C=O) groups excluding carboxylic acids is 3. The van der Waals surface area contributed by atoms with Crippen LogP contribution in [0.15, 0.2) is 0 Å². The summed E-state index contributed by atoms with van der Waals surface area (Å²) in [6.07, 6.45) is 3.81. The van der Waals surface area contributed by atoms with Crippen molar-refractivity contribution in [3.8, 4) is 0 Å². The number of hydrogen-bond acceptors (Lipinski definition) is 5. The van der Waals surface area contributed by atoms with Gasteiger partial charge < -0.3 is 14.4 Å². The Balaban J connectivity index is 1.60. The van der Waals surface area contributed by atoms with E-state index in [4.69, 9.17) is 9.47 Å². The quantitative estimate of drug-likeness (QED) is 0.683. The second-order valence-electron chi connectivity index (χ2n) is 7.66. The number of ether oxygens (including phenoxy) is 2. The lowest BCUT2D eigenvalue weighted by atomic mass is 9.80. The Bertz CT molecular complexity index is 575. The van der Waals surface area contributed by atoms with Crippen LogP contribution in [0, 0.1) is 11.8 Å². The molecule has 4 heterocycles. The highest BCUT2D eigenvalue weighted by molar-refractivity contribution is 5.81. The first-order chi connectivity index (χ1) is 10.9. The first-order valence-corrected chi connectivity index (χ1v) is 8.66. The minimum atomic E-state index is -0.520. The number of piperidine rings is 1. The molecule has 1 spiro atoms. The van der Waals surface area contributed by atoms with Gasteiger partial charge in [0.25, 0.3) is 0 Å². The normalized spacial score (nSPS) is 46.3. The Kier molecular flexibility index (Phi) is 3.22. The maximum atomic E-state index is 12.6. The molecule has 126 valence electrons. The number of amides is 1. The summed E-state index contributed by atoms with van der Waals surface area (Å²) < 4.78 is 11.3. The van der Waals surface area contributed by atoms with Gasteiger partial charge in [0, 0.05) is 12.8 Å². The molecule has 23 heavy (non-hydrogen) atoms. The predicted octanol–water partition coefficient (Wildman–Crippen LogP) is 1.41. The largest absolute Gasteiger partial charge is 0.460 e. The van der Waals surface area contributed by atoms with Crippen LogP contribution < -0.4 is 0 Å². The Morgan fingerprint density at radius 3 is 2.48 bits per heavy atom. The van der Waals surface area contributed by atoms with Gasteiger partial charge in [-0.3, -0.25) is 14.4 Å². The van der Waals surface area contributed by atoms with Crippen LogP contribution >= 0.6 is 0 Å². The minimum Gasteiger partial charge on any atom is -0.460 e. The van der Waals surface area contributed by atoms with Crippen molar-refractivity contribution in [1.82, 2.24) is 4.90 Å². The zero-order valence-corrected chi connectivity index (χ0v) is 13.6. The summed E-state index contributed by atoms with van der Waals surface area (Å²) in [7, 11) is 0. The standard InChI is InChI=1S/C17H23NO5/c1-9-7-12(22-15(9)20)11-3-4-13-17(6-5-14(19)18(11)13)8-10(2)16(21)23-17/h9-13H,3-8H2,1-2H3/t9-,10+,11-,12-,13-,17-/m0/s1. The fraction of sp³-hybridized carbons (Fsp3) is 0.824. The van der Waals surface area contributed by atoms with Gasteiger partial charge in [-0.25, -0.2) is 0 Å². The van der Waals surface area contributed by atoms with Gasteiger partial charge in [0.15, 0.2) is 0 Å². The summed E-state index contributed by atoms with van der Waals surface area (Å²) in [6.45, 7) is 3.76. The minimum absolute atomic E-state index is 0.0581. The van der Waals surface area contributed by atoms with Gasteiger partial charge in [0.2, 0.25) is 5.91 Å². The molecule has 0 saturated carbocycles. The molecule has 0 N–H and O–H groups in total. The Morgan fingerprint density at radius 1 is 1.09 bits per heavy atom. The van der Waals surface area contributed by atoms with E-state index >= 15 is 0 Å². The number of esters is 2. The molecule has 4 rings (SSSR count). The first-order valence-electron chi connectivity index (χ1n) is 8.66. The average molecular weight is 321 g/mol. The van der Waals surface area contributed by atoms with Crippen LogP contribution in [0.25, 0.3) is 0 Å². The highest BCUT2D eigenvalue weighted by atomic mass is 16.6. The van der Waals surface area contributed by atoms with Gasteiger partial charge in [-0.2, -0.15) is 0 Å². The van der Waals surface area contributed by atoms with Crippen LogP contribution in [-0.4, -0.2) is 46.5 Å². The molecule has 6 heteroatoms. The second-order valence-corrected chi connectivity index (χ2v) is 7.66. The van der Waals surface area contributed by atoms with Crippen molar-refractivity contribution in [2.45, 2.75) is 76.2 Å². The molecule has 0 aromatic rings. The maximum Gasteiger partial charge on any atom is 0.309 e. The van der Waals surface area contributed by atoms with Crippen LogP contribution in [0.3, 0.4) is 0 Å². The third kappa shape index (κ3) is 2.10. The van der Waals surface area contributed by atoms with Crippen LogP contribution in [0.5, 0.6) is 0 Å². The lowest BCUT2D eigenvalue weighted by molar-refractivity contribution is -0.170. The summed E-state index contributed by atoms with van der Waals surface area (Å²) in [5.41, 5.74) is -0.520. The molecule has 0 aliphatic carbocycles. The van der Waals surface area contributed by atoms with Crippen molar-refractivity contribution in [3.63, 3.8) is 0 Å². The molecular weight excluding hydrogens is 298 g/mol. The Hall–Kier alpha value is -1.59. The van der Waals surface area contributed by atoms with Gasteiger partial charge in [-0.1, -0.05) is 13.8 Å². The molecule has 1 amide bonds. The van der Waals surface area contributed by atoms with E-state index in [2.05, 4.69) is 0 Å². The summed E-state index contributed by atoms with van der Waals surface area (Å²) in [5.74, 6) is -0.415. The van der Waals surface area contributed by atoms with E-state index in [1.54, 1.807) is 0 Å². The summed E-state index contributed by atoms with van der Waals surface area (Å²) in [6, 6.07) is -0.120. The Morgan fingerprint density at radius 2 is 1.87 bits per heavy atom. The van der Waals surface area contributed by atoms with E-state index in [1.807, 2.05) is 18.7 Å². The van der Waals surface area contributed by atoms with Crippen LogP contribution in [-0.2, 0) is 23.9 Å². The van der Waals surface area contributed by atoms with E-state index in [0.717, 1.165) is 12.8 Å². The van der Waals surface area contributed by atoms with Crippen molar-refractivity contribution in [2.24, 2.45) is 11.8 Å². The van der Waals surface area contributed by atoms with Gasteiger partial charge in [0.1, 0.15) is 11.7 Å². The van der Waals surface area contributed by atoms with E-state index in [1.165, 1.54) is 0 Å². The fourth-order valence-corrected chi connectivity index (χ4v) is 4.99. The van der Waals surface area contributed by atoms with Gasteiger partial charge in [0.05, 0.1) is 23.9 Å². The number of fused-ring (bicyclic) bond motifs is 2. The first kappa shape index (κ1) is 15.0. The van der Waals surface area contributed by atoms with Crippen molar-refractivity contribution in [3.05, 3.63) is 0 Å². The van der Waals surface area contributed by atoms with Gasteiger partial charge in [-0.15, -0.1) is 0 Å². The molecule has 0 aromatic carbocycles. The van der Waals surface area contributed by atoms with E-state index in [-0.39, 0.29) is 47.9 Å². The molecule has 6 nitrogen and oxygen atoms in total. The summed E-state index contributed by atoms with van der Waals surface area (Å²) >= 11 is 0. The highest BCUT2D eigenvalue weighted by Gasteiger charge is 2.60. The third-order valence-electron chi connectivity index (χ3n) is 6.13. The molecule has 0 bridgehead atoms. The molecule has 0 unspecified atom stereocenters. The van der Waals surface area contributed by atoms with Gasteiger partial charge in [-0.05, 0) is 25.7 Å². The topological polar surface area (TPSA) is 72.9 Å². The zero-order chi connectivity index (χ0) is 16.4. The van der Waals surface area contributed by atoms with Crippen LogP contribution in [0.4, 0.5) is 0 Å². The van der Waals surface area contributed by atoms with E-state index in [9.17, 15) is 14.4 Å². The average Bonchev–Trinajstić information content (AvgIpc) is 3.15. The van der Waals surface area contributed by atoms with Crippen molar-refractivity contribution < 1.29 is 23.9 Å². The number of carbonyl (C=O) groups is 3. The van der Waals surface area contributed by atoms with Crippen LogP contribution in [0.2, 0.25) is 0 Å². The SMILES string of the molecule is C[C@@H]1C[C@]2(CCC(=O)N3[C@H]2CC[C@H]3[C@@H]2C[C@H](C)C(=O)O2)OC1=O. The number of hydrogen-bond donors (Lipinski definition) is 0. The number of rotatable bonds is 1. The van der Waals surface area contributed by atoms with Crippen LogP contribution in [0.1, 0.15) is 52.4 Å². The highest BCUT2D eigenvalue weighted by Crippen LogP contribution is 2.49. The molecule has 6 atom stereocenters. The third-order valence-corrected chi connectivity index (χ3v) is 6.13. The molecular formula is C17H23NO5. The molecule has 0 aromatic heterocycles. The van der Waals surface area contributed by atoms with E-state index < -0.39 is 5.60 Å².